The highest BCUT2D eigenvalue weighted by Crippen LogP contribution is 2.29. The van der Waals surface area contributed by atoms with Crippen LogP contribution in [-0.2, 0) is 13.2 Å². The molecule has 0 spiro atoms. The third-order valence-corrected chi connectivity index (χ3v) is 5.54. The smallest absolute Gasteiger partial charge is 0.124 e. The topological polar surface area (TPSA) is 24.5 Å². The third-order valence-electron chi connectivity index (χ3n) is 5.31. The maximum absolute atomic E-state index is 6.21. The summed E-state index contributed by atoms with van der Waals surface area (Å²) in [5.41, 5.74) is 2.29. The summed E-state index contributed by atoms with van der Waals surface area (Å²) >= 11 is 6.11. The van der Waals surface area contributed by atoms with Gasteiger partial charge in [-0.15, -0.1) is 0 Å². The van der Waals surface area contributed by atoms with Crippen molar-refractivity contribution in [1.82, 2.24) is 10.2 Å². The summed E-state index contributed by atoms with van der Waals surface area (Å²) in [6, 6.07) is 20.5. The van der Waals surface area contributed by atoms with Gasteiger partial charge in [0.25, 0.3) is 0 Å². The van der Waals surface area contributed by atoms with Crippen LogP contribution in [0.3, 0.4) is 0 Å². The highest BCUT2D eigenvalue weighted by Gasteiger charge is 2.09. The van der Waals surface area contributed by atoms with E-state index in [9.17, 15) is 0 Å². The SMILES string of the molecule is CCN(CC)CCCNCc1c(OCc2cccc(Cl)c2)ccc2ccccc12. The molecule has 4 heteroatoms. The largest absolute Gasteiger partial charge is 0.489 e. The van der Waals surface area contributed by atoms with E-state index in [1.807, 2.05) is 24.3 Å². The van der Waals surface area contributed by atoms with Crippen molar-refractivity contribution in [3.8, 4) is 5.75 Å². The molecule has 0 saturated carbocycles. The van der Waals surface area contributed by atoms with Crippen LogP contribution in [0, 0.1) is 0 Å². The molecule has 154 valence electrons. The Morgan fingerprint density at radius 1 is 0.966 bits per heavy atom. The predicted molar refractivity (Wildman–Crippen MR) is 124 cm³/mol. The number of nitrogens with zero attached hydrogens (tertiary/aromatic N) is 1. The molecule has 0 radical (unpaired) electrons. The summed E-state index contributed by atoms with van der Waals surface area (Å²) in [5, 5.41) is 6.83. The number of benzene rings is 3. The van der Waals surface area contributed by atoms with Gasteiger partial charge in [0.05, 0.1) is 0 Å². The molecule has 0 bridgehead atoms. The zero-order valence-electron chi connectivity index (χ0n) is 17.5. The van der Waals surface area contributed by atoms with Gasteiger partial charge in [-0.2, -0.15) is 0 Å². The van der Waals surface area contributed by atoms with Crippen molar-refractivity contribution in [3.63, 3.8) is 0 Å². The van der Waals surface area contributed by atoms with E-state index in [-0.39, 0.29) is 0 Å². The number of ether oxygens (including phenoxy) is 1. The molecule has 3 aromatic carbocycles. The van der Waals surface area contributed by atoms with E-state index < -0.39 is 0 Å². The Morgan fingerprint density at radius 2 is 1.79 bits per heavy atom. The van der Waals surface area contributed by atoms with Gasteiger partial charge in [-0.1, -0.05) is 67.9 Å². The summed E-state index contributed by atoms with van der Waals surface area (Å²) in [5.74, 6) is 0.930. The molecule has 0 aliphatic rings. The maximum Gasteiger partial charge on any atom is 0.124 e. The molecule has 0 aromatic heterocycles. The summed E-state index contributed by atoms with van der Waals surface area (Å²) < 4.78 is 6.21. The first-order chi connectivity index (χ1) is 14.2. The zero-order chi connectivity index (χ0) is 20.5. The Kier molecular flexibility index (Phi) is 8.36. The summed E-state index contributed by atoms with van der Waals surface area (Å²) in [7, 11) is 0. The average molecular weight is 411 g/mol. The first kappa shape index (κ1) is 21.6. The monoisotopic (exact) mass is 410 g/mol. The van der Waals surface area contributed by atoms with Crippen molar-refractivity contribution >= 4 is 22.4 Å². The Bertz CT molecular complexity index is 908. The van der Waals surface area contributed by atoms with Crippen molar-refractivity contribution in [3.05, 3.63) is 76.8 Å². The molecular weight excluding hydrogens is 380 g/mol. The first-order valence-electron chi connectivity index (χ1n) is 10.5. The Morgan fingerprint density at radius 3 is 2.59 bits per heavy atom. The number of halogens is 1. The molecule has 3 rings (SSSR count). The Hall–Kier alpha value is -2.07. The molecule has 29 heavy (non-hydrogen) atoms. The van der Waals surface area contributed by atoms with E-state index in [1.165, 1.54) is 16.3 Å². The van der Waals surface area contributed by atoms with Gasteiger partial charge in [-0.05, 0) is 67.1 Å². The quantitative estimate of drug-likeness (QED) is 0.398. The van der Waals surface area contributed by atoms with Gasteiger partial charge < -0.3 is 15.0 Å². The highest BCUT2D eigenvalue weighted by molar-refractivity contribution is 6.30. The van der Waals surface area contributed by atoms with Crippen LogP contribution in [-0.4, -0.2) is 31.1 Å². The van der Waals surface area contributed by atoms with Crippen LogP contribution in [0.4, 0.5) is 0 Å². The highest BCUT2D eigenvalue weighted by atomic mass is 35.5. The third kappa shape index (κ3) is 6.20. The van der Waals surface area contributed by atoms with Crippen molar-refractivity contribution < 1.29 is 4.74 Å². The second-order valence-corrected chi connectivity index (χ2v) is 7.68. The van der Waals surface area contributed by atoms with Crippen LogP contribution >= 0.6 is 11.6 Å². The fourth-order valence-electron chi connectivity index (χ4n) is 3.60. The van der Waals surface area contributed by atoms with E-state index in [0.717, 1.165) is 55.5 Å². The standard InChI is InChI=1S/C25H31ClN2O/c1-3-28(4-2)16-8-15-27-18-24-23-12-6-5-10-21(23)13-14-25(24)29-19-20-9-7-11-22(26)17-20/h5-7,9-14,17,27H,3-4,8,15-16,18-19H2,1-2H3. The minimum atomic E-state index is 0.508. The number of hydrogen-bond acceptors (Lipinski definition) is 3. The van der Waals surface area contributed by atoms with Gasteiger partial charge in [0, 0.05) is 17.1 Å². The van der Waals surface area contributed by atoms with Gasteiger partial charge in [0.1, 0.15) is 12.4 Å². The van der Waals surface area contributed by atoms with Crippen LogP contribution in [0.5, 0.6) is 5.75 Å². The van der Waals surface area contributed by atoms with Crippen molar-refractivity contribution in [2.75, 3.05) is 26.2 Å². The van der Waals surface area contributed by atoms with Crippen LogP contribution < -0.4 is 10.1 Å². The van der Waals surface area contributed by atoms with E-state index >= 15 is 0 Å². The Balaban J connectivity index is 1.68. The maximum atomic E-state index is 6.21. The molecule has 3 nitrogen and oxygen atoms in total. The molecule has 0 unspecified atom stereocenters. The van der Waals surface area contributed by atoms with Crippen LogP contribution in [0.1, 0.15) is 31.4 Å². The average Bonchev–Trinajstić information content (AvgIpc) is 2.75. The van der Waals surface area contributed by atoms with Gasteiger partial charge in [0.15, 0.2) is 0 Å². The van der Waals surface area contributed by atoms with E-state index in [2.05, 4.69) is 60.5 Å². The van der Waals surface area contributed by atoms with Gasteiger partial charge in [-0.25, -0.2) is 0 Å². The zero-order valence-corrected chi connectivity index (χ0v) is 18.2. The summed E-state index contributed by atoms with van der Waals surface area (Å²) in [4.78, 5) is 2.46. The Labute approximate surface area is 179 Å². The fourth-order valence-corrected chi connectivity index (χ4v) is 3.82. The minimum Gasteiger partial charge on any atom is -0.489 e. The second kappa shape index (κ2) is 11.2. The molecule has 0 heterocycles. The van der Waals surface area contributed by atoms with Crippen LogP contribution in [0.2, 0.25) is 5.02 Å². The molecule has 0 saturated heterocycles. The van der Waals surface area contributed by atoms with E-state index in [4.69, 9.17) is 16.3 Å². The number of hydrogen-bond donors (Lipinski definition) is 1. The molecule has 3 aromatic rings. The fraction of sp³-hybridized carbons (Fsp3) is 0.360. The van der Waals surface area contributed by atoms with Gasteiger partial charge >= 0.3 is 0 Å². The summed E-state index contributed by atoms with van der Waals surface area (Å²) in [6.45, 7) is 10.1. The number of fused-ring (bicyclic) bond motifs is 1. The second-order valence-electron chi connectivity index (χ2n) is 7.24. The van der Waals surface area contributed by atoms with Crippen molar-refractivity contribution in [1.29, 1.82) is 0 Å². The van der Waals surface area contributed by atoms with Crippen LogP contribution in [0.15, 0.2) is 60.7 Å². The van der Waals surface area contributed by atoms with E-state index in [1.54, 1.807) is 0 Å². The number of rotatable bonds is 11. The minimum absolute atomic E-state index is 0.508. The van der Waals surface area contributed by atoms with Gasteiger partial charge in [0.2, 0.25) is 0 Å². The molecule has 0 fully saturated rings. The first-order valence-corrected chi connectivity index (χ1v) is 10.9. The lowest BCUT2D eigenvalue weighted by atomic mass is 10.0. The molecular formula is C25H31ClN2O. The lowest BCUT2D eigenvalue weighted by Crippen LogP contribution is -2.27. The lowest BCUT2D eigenvalue weighted by molar-refractivity contribution is 0.296. The van der Waals surface area contributed by atoms with Gasteiger partial charge in [-0.3, -0.25) is 0 Å². The normalized spacial score (nSPS) is 11.3. The number of nitrogens with one attached hydrogen (secondary N) is 1. The van der Waals surface area contributed by atoms with Crippen molar-refractivity contribution in [2.45, 2.75) is 33.4 Å². The molecule has 0 aliphatic carbocycles. The molecule has 0 amide bonds. The van der Waals surface area contributed by atoms with Crippen molar-refractivity contribution in [2.24, 2.45) is 0 Å². The predicted octanol–water partition coefficient (Wildman–Crippen LogP) is 5.89. The summed E-state index contributed by atoms with van der Waals surface area (Å²) in [6.07, 6.45) is 1.14. The lowest BCUT2D eigenvalue weighted by Gasteiger charge is -2.18. The van der Waals surface area contributed by atoms with Crippen LogP contribution in [0.25, 0.3) is 10.8 Å². The molecule has 1 N–H and O–H groups in total. The molecule has 0 aliphatic heterocycles. The molecule has 0 atom stereocenters. The van der Waals surface area contributed by atoms with E-state index in [0.29, 0.717) is 6.61 Å².